The van der Waals surface area contributed by atoms with Gasteiger partial charge in [0.05, 0.1) is 12.2 Å². The zero-order valence-electron chi connectivity index (χ0n) is 9.51. The van der Waals surface area contributed by atoms with Gasteiger partial charge in [-0.2, -0.15) is 4.98 Å². The Morgan fingerprint density at radius 2 is 2.00 bits per heavy atom. The molecule has 1 fully saturated rings. The van der Waals surface area contributed by atoms with E-state index in [1.54, 1.807) is 0 Å². The predicted molar refractivity (Wildman–Crippen MR) is 70.4 cm³/mol. The Morgan fingerprint density at radius 1 is 1.28 bits per heavy atom. The van der Waals surface area contributed by atoms with Crippen LogP contribution in [0.25, 0.3) is 11.1 Å². The normalized spacial score (nSPS) is 27.8. The smallest absolute Gasteiger partial charge is 0.295 e. The molecule has 18 heavy (non-hydrogen) atoms. The van der Waals surface area contributed by atoms with Gasteiger partial charge in [-0.15, -0.1) is 0 Å². The lowest BCUT2D eigenvalue weighted by Gasteiger charge is -2.08. The first-order chi connectivity index (χ1) is 8.61. The summed E-state index contributed by atoms with van der Waals surface area (Å²) in [5, 5.41) is 22.0. The Hall–Kier alpha value is -1.11. The molecule has 96 valence electrons. The number of aliphatic hydroxyl groups is 2. The minimum atomic E-state index is -0.666. The molecule has 1 aliphatic rings. The highest BCUT2D eigenvalue weighted by molar-refractivity contribution is 9.10. The molecule has 3 N–H and O–H groups in total. The first kappa shape index (κ1) is 12.0. The van der Waals surface area contributed by atoms with Gasteiger partial charge in [-0.25, -0.2) is 0 Å². The Balaban J connectivity index is 1.79. The van der Waals surface area contributed by atoms with Crippen molar-refractivity contribution in [2.45, 2.75) is 31.1 Å². The topological polar surface area (TPSA) is 78.5 Å². The molecule has 1 aromatic heterocycles. The minimum Gasteiger partial charge on any atom is -0.424 e. The van der Waals surface area contributed by atoms with E-state index < -0.39 is 12.2 Å². The average Bonchev–Trinajstić information content (AvgIpc) is 2.82. The number of hydrogen-bond donors (Lipinski definition) is 3. The van der Waals surface area contributed by atoms with Gasteiger partial charge in [0.15, 0.2) is 5.58 Å². The highest BCUT2D eigenvalue weighted by Gasteiger charge is 2.32. The number of aromatic nitrogens is 1. The summed E-state index contributed by atoms with van der Waals surface area (Å²) in [6, 6.07) is 6.03. The highest BCUT2D eigenvalue weighted by atomic mass is 79.9. The zero-order valence-corrected chi connectivity index (χ0v) is 11.1. The lowest BCUT2D eigenvalue weighted by molar-refractivity contribution is 0.0438. The largest absolute Gasteiger partial charge is 0.424 e. The Labute approximate surface area is 112 Å². The van der Waals surface area contributed by atoms with Gasteiger partial charge in [0.1, 0.15) is 5.52 Å². The molecule has 0 bridgehead atoms. The molecule has 0 aliphatic heterocycles. The molecule has 6 heteroatoms. The van der Waals surface area contributed by atoms with Crippen molar-refractivity contribution in [2.24, 2.45) is 0 Å². The van der Waals surface area contributed by atoms with Crippen molar-refractivity contribution in [1.82, 2.24) is 4.98 Å². The third-order valence-electron chi connectivity index (χ3n) is 3.17. The van der Waals surface area contributed by atoms with Gasteiger partial charge in [0.2, 0.25) is 0 Å². The van der Waals surface area contributed by atoms with Crippen LogP contribution in [0.2, 0.25) is 0 Å². The fraction of sp³-hybridized carbons (Fsp3) is 0.417. The maximum Gasteiger partial charge on any atom is 0.295 e. The van der Waals surface area contributed by atoms with Crippen LogP contribution in [0, 0.1) is 0 Å². The molecular formula is C12H13BrN2O3. The molecule has 0 radical (unpaired) electrons. The van der Waals surface area contributed by atoms with Gasteiger partial charge in [0, 0.05) is 10.5 Å². The number of halogens is 1. The molecule has 0 amide bonds. The molecule has 3 rings (SSSR count). The summed E-state index contributed by atoms with van der Waals surface area (Å²) in [4.78, 5) is 4.32. The second kappa shape index (κ2) is 4.53. The zero-order chi connectivity index (χ0) is 12.7. The summed E-state index contributed by atoms with van der Waals surface area (Å²) in [6.07, 6.45) is -0.324. The molecule has 0 spiro atoms. The molecule has 1 unspecified atom stereocenters. The molecular weight excluding hydrogens is 300 g/mol. The van der Waals surface area contributed by atoms with E-state index in [1.165, 1.54) is 0 Å². The fourth-order valence-corrected chi connectivity index (χ4v) is 2.60. The number of aliphatic hydroxyl groups excluding tert-OH is 2. The summed E-state index contributed by atoms with van der Waals surface area (Å²) in [7, 11) is 0. The van der Waals surface area contributed by atoms with E-state index in [9.17, 15) is 10.2 Å². The van der Waals surface area contributed by atoms with Crippen molar-refractivity contribution in [2.75, 3.05) is 5.32 Å². The molecule has 1 aromatic carbocycles. The third-order valence-corrected chi connectivity index (χ3v) is 3.67. The van der Waals surface area contributed by atoms with Gasteiger partial charge in [-0.05, 0) is 31.0 Å². The van der Waals surface area contributed by atoms with Crippen LogP contribution in [0.3, 0.4) is 0 Å². The third kappa shape index (κ3) is 2.23. The number of hydrogen-bond acceptors (Lipinski definition) is 5. The number of oxazole rings is 1. The van der Waals surface area contributed by atoms with Crippen LogP contribution in [0.15, 0.2) is 27.1 Å². The fourth-order valence-electron chi connectivity index (χ4n) is 2.25. The molecule has 1 saturated carbocycles. The molecule has 5 nitrogen and oxygen atoms in total. The van der Waals surface area contributed by atoms with Crippen LogP contribution in [0.5, 0.6) is 0 Å². The SMILES string of the molecule is O[C@@H]1CC(Nc2nc3cc(Br)ccc3o2)C[C@@H]1O. The predicted octanol–water partition coefficient (Wildman–Crippen LogP) is 1.89. The maximum absolute atomic E-state index is 9.48. The molecule has 0 saturated heterocycles. The number of nitrogens with one attached hydrogen (secondary N) is 1. The standard InChI is InChI=1S/C12H13BrN2O3/c13-6-1-2-11-8(3-6)15-12(18-11)14-7-4-9(16)10(17)5-7/h1-3,7,9-10,16-17H,4-5H2,(H,14,15)/t7?,9-,10+. The minimum absolute atomic E-state index is 0.00787. The maximum atomic E-state index is 9.48. The lowest BCUT2D eigenvalue weighted by atomic mass is 10.2. The summed E-state index contributed by atoms with van der Waals surface area (Å²) in [6.45, 7) is 0. The summed E-state index contributed by atoms with van der Waals surface area (Å²) >= 11 is 3.38. The van der Waals surface area contributed by atoms with Crippen molar-refractivity contribution in [3.8, 4) is 0 Å². The van der Waals surface area contributed by atoms with Crippen LogP contribution < -0.4 is 5.32 Å². The quantitative estimate of drug-likeness (QED) is 0.789. The Morgan fingerprint density at radius 3 is 2.72 bits per heavy atom. The van der Waals surface area contributed by atoms with Crippen LogP contribution in [-0.2, 0) is 0 Å². The average molecular weight is 313 g/mol. The first-order valence-electron chi connectivity index (χ1n) is 5.80. The summed E-state index contributed by atoms with van der Waals surface area (Å²) < 4.78 is 6.50. The van der Waals surface area contributed by atoms with E-state index >= 15 is 0 Å². The molecule has 1 heterocycles. The Kier molecular flexibility index (Phi) is 3.01. The van der Waals surface area contributed by atoms with Crippen molar-refractivity contribution in [3.05, 3.63) is 22.7 Å². The van der Waals surface area contributed by atoms with Crippen molar-refractivity contribution in [3.63, 3.8) is 0 Å². The Bertz CT molecular complexity index is 561. The van der Waals surface area contributed by atoms with Crippen LogP contribution >= 0.6 is 15.9 Å². The second-order valence-corrected chi connectivity index (χ2v) is 5.49. The van der Waals surface area contributed by atoms with E-state index in [0.29, 0.717) is 24.4 Å². The molecule has 1 aliphatic carbocycles. The first-order valence-corrected chi connectivity index (χ1v) is 6.60. The van der Waals surface area contributed by atoms with Gasteiger partial charge < -0.3 is 19.9 Å². The number of anilines is 1. The summed E-state index contributed by atoms with van der Waals surface area (Å²) in [5.74, 6) is 0. The number of nitrogens with zero attached hydrogens (tertiary/aromatic N) is 1. The highest BCUT2D eigenvalue weighted by Crippen LogP contribution is 2.26. The van der Waals surface area contributed by atoms with Gasteiger partial charge >= 0.3 is 0 Å². The van der Waals surface area contributed by atoms with E-state index in [-0.39, 0.29) is 6.04 Å². The number of benzene rings is 1. The van der Waals surface area contributed by atoms with E-state index in [4.69, 9.17) is 4.42 Å². The van der Waals surface area contributed by atoms with Gasteiger partial charge in [-0.1, -0.05) is 15.9 Å². The number of rotatable bonds is 2. The van der Waals surface area contributed by atoms with E-state index in [2.05, 4.69) is 26.2 Å². The second-order valence-electron chi connectivity index (χ2n) is 4.58. The molecule has 2 aromatic rings. The van der Waals surface area contributed by atoms with Crippen LogP contribution in [-0.4, -0.2) is 33.4 Å². The van der Waals surface area contributed by atoms with E-state index in [0.717, 1.165) is 9.99 Å². The lowest BCUT2D eigenvalue weighted by Crippen LogP contribution is -2.17. The summed E-state index contributed by atoms with van der Waals surface area (Å²) in [5.41, 5.74) is 1.48. The number of fused-ring (bicyclic) bond motifs is 1. The van der Waals surface area contributed by atoms with Crippen LogP contribution in [0.4, 0.5) is 6.01 Å². The monoisotopic (exact) mass is 312 g/mol. The molecule has 3 atom stereocenters. The van der Waals surface area contributed by atoms with Gasteiger partial charge in [0.25, 0.3) is 6.01 Å². The van der Waals surface area contributed by atoms with Crippen molar-refractivity contribution < 1.29 is 14.6 Å². The van der Waals surface area contributed by atoms with Crippen LogP contribution in [0.1, 0.15) is 12.8 Å². The van der Waals surface area contributed by atoms with Gasteiger partial charge in [-0.3, -0.25) is 0 Å². The van der Waals surface area contributed by atoms with Crippen molar-refractivity contribution in [1.29, 1.82) is 0 Å². The van der Waals surface area contributed by atoms with Crippen molar-refractivity contribution >= 4 is 33.0 Å². The van der Waals surface area contributed by atoms with E-state index in [1.807, 2.05) is 18.2 Å².